The van der Waals surface area contributed by atoms with Crippen LogP contribution in [0.1, 0.15) is 23.6 Å². The summed E-state index contributed by atoms with van der Waals surface area (Å²) in [4.78, 5) is 10.5. The molecule has 8 heteroatoms. The van der Waals surface area contributed by atoms with E-state index in [0.717, 1.165) is 16.5 Å². The molecule has 0 aliphatic carbocycles. The number of sulfonamides is 1. The van der Waals surface area contributed by atoms with Gasteiger partial charge in [0.15, 0.2) is 4.90 Å². The van der Waals surface area contributed by atoms with Gasteiger partial charge in [0.05, 0.1) is 4.92 Å². The van der Waals surface area contributed by atoms with E-state index in [4.69, 9.17) is 0 Å². The molecular weight excluding hydrogens is 378 g/mol. The molecule has 0 aliphatic heterocycles. The summed E-state index contributed by atoms with van der Waals surface area (Å²) in [6.07, 6.45) is 1.98. The van der Waals surface area contributed by atoms with Crippen LogP contribution in [0, 0.1) is 30.9 Å². The van der Waals surface area contributed by atoms with Crippen LogP contribution >= 0.6 is 0 Å². The van der Waals surface area contributed by atoms with E-state index in [9.17, 15) is 18.5 Å². The monoisotopic (exact) mass is 401 g/mol. The van der Waals surface area contributed by atoms with Crippen molar-refractivity contribution in [3.05, 3.63) is 69.4 Å². The Morgan fingerprint density at radius 1 is 1.14 bits per heavy atom. The molecule has 0 saturated carbocycles. The van der Waals surface area contributed by atoms with Crippen molar-refractivity contribution in [1.82, 2.24) is 9.29 Å². The quantitative estimate of drug-likeness (QED) is 0.501. The molecule has 0 fully saturated rings. The van der Waals surface area contributed by atoms with Crippen LogP contribution in [0.3, 0.4) is 0 Å². The van der Waals surface area contributed by atoms with E-state index in [2.05, 4.69) is 4.72 Å². The minimum atomic E-state index is -4.05. The Morgan fingerprint density at radius 2 is 1.82 bits per heavy atom. The number of aryl methyl sites for hydroxylation is 3. The van der Waals surface area contributed by atoms with Gasteiger partial charge in [0.1, 0.15) is 0 Å². The number of fused-ring (bicyclic) bond motifs is 1. The van der Waals surface area contributed by atoms with Crippen LogP contribution in [0.15, 0.2) is 47.5 Å². The van der Waals surface area contributed by atoms with Gasteiger partial charge in [0.25, 0.3) is 5.69 Å². The molecule has 1 aromatic heterocycles. The molecule has 1 heterocycles. The van der Waals surface area contributed by atoms with Crippen LogP contribution in [0.25, 0.3) is 10.9 Å². The Morgan fingerprint density at radius 3 is 2.50 bits per heavy atom. The Hall–Kier alpha value is -2.71. The first-order chi connectivity index (χ1) is 13.1. The third-order valence-corrected chi connectivity index (χ3v) is 6.46. The van der Waals surface area contributed by atoms with Crippen molar-refractivity contribution >= 4 is 26.6 Å². The van der Waals surface area contributed by atoms with E-state index in [0.29, 0.717) is 17.7 Å². The Balaban J connectivity index is 1.92. The number of nitrogens with one attached hydrogen (secondary N) is 1. The Kier molecular flexibility index (Phi) is 5.27. The molecule has 1 N–H and O–H groups in total. The average Bonchev–Trinajstić information content (AvgIpc) is 2.89. The molecule has 148 valence electrons. The summed E-state index contributed by atoms with van der Waals surface area (Å²) in [6, 6.07) is 10.4. The summed E-state index contributed by atoms with van der Waals surface area (Å²) < 4.78 is 30.5. The predicted octanol–water partition coefficient (Wildman–Crippen LogP) is 3.84. The van der Waals surface area contributed by atoms with Gasteiger partial charge in [-0.25, -0.2) is 13.1 Å². The number of hydrogen-bond donors (Lipinski definition) is 1. The number of nitrogens with zero attached hydrogens (tertiary/aromatic N) is 2. The highest BCUT2D eigenvalue weighted by atomic mass is 32.2. The fraction of sp³-hybridized carbons (Fsp3) is 0.300. The van der Waals surface area contributed by atoms with Crippen LogP contribution in [-0.4, -0.2) is 24.0 Å². The number of benzene rings is 2. The van der Waals surface area contributed by atoms with Crippen molar-refractivity contribution in [1.29, 1.82) is 0 Å². The van der Waals surface area contributed by atoms with Crippen molar-refractivity contribution in [2.45, 2.75) is 45.2 Å². The van der Waals surface area contributed by atoms with Crippen molar-refractivity contribution in [3.63, 3.8) is 0 Å². The third-order valence-electron chi connectivity index (χ3n) is 4.68. The van der Waals surface area contributed by atoms with Gasteiger partial charge in [-0.3, -0.25) is 10.1 Å². The van der Waals surface area contributed by atoms with E-state index >= 15 is 0 Å². The summed E-state index contributed by atoms with van der Waals surface area (Å²) in [6.45, 7) is 7.43. The second-order valence-corrected chi connectivity index (χ2v) is 8.84. The molecule has 3 aromatic rings. The number of nitro groups is 1. The predicted molar refractivity (Wildman–Crippen MR) is 109 cm³/mol. The fourth-order valence-electron chi connectivity index (χ4n) is 3.65. The van der Waals surface area contributed by atoms with E-state index in [1.54, 1.807) is 26.8 Å². The maximum Gasteiger partial charge on any atom is 0.289 e. The van der Waals surface area contributed by atoms with E-state index < -0.39 is 26.7 Å². The molecule has 1 atom stereocenters. The van der Waals surface area contributed by atoms with Gasteiger partial charge in [-0.2, -0.15) is 0 Å². The highest BCUT2D eigenvalue weighted by Crippen LogP contribution is 2.29. The van der Waals surface area contributed by atoms with Crippen LogP contribution in [-0.2, 0) is 16.6 Å². The fourth-order valence-corrected chi connectivity index (χ4v) is 5.27. The van der Waals surface area contributed by atoms with Crippen LogP contribution in [0.2, 0.25) is 0 Å². The molecule has 0 bridgehead atoms. The summed E-state index contributed by atoms with van der Waals surface area (Å²) >= 11 is 0. The molecule has 0 radical (unpaired) electrons. The lowest BCUT2D eigenvalue weighted by molar-refractivity contribution is -0.388. The minimum Gasteiger partial charge on any atom is -0.346 e. The van der Waals surface area contributed by atoms with Crippen molar-refractivity contribution < 1.29 is 13.3 Å². The molecule has 2 aromatic carbocycles. The van der Waals surface area contributed by atoms with E-state index in [1.807, 2.05) is 42.0 Å². The van der Waals surface area contributed by atoms with E-state index in [-0.39, 0.29) is 4.90 Å². The molecule has 0 aliphatic rings. The summed E-state index contributed by atoms with van der Waals surface area (Å²) in [5.41, 5.74) is 2.72. The number of para-hydroxylation sites is 1. The SMILES string of the molecule is Cc1cc(C)c(S(=O)(=O)NC(C)Cn2cc(C)c3ccccc32)c([N+](=O)[O-])c1. The zero-order valence-corrected chi connectivity index (χ0v) is 17.1. The Bertz CT molecular complexity index is 1170. The first-order valence-electron chi connectivity index (χ1n) is 8.92. The maximum atomic E-state index is 12.9. The molecule has 0 spiro atoms. The van der Waals surface area contributed by atoms with Crippen molar-refractivity contribution in [2.24, 2.45) is 0 Å². The average molecular weight is 401 g/mol. The molecule has 3 rings (SSSR count). The Labute approximate surface area is 164 Å². The number of nitro benzene ring substituents is 1. The highest BCUT2D eigenvalue weighted by molar-refractivity contribution is 7.89. The zero-order valence-electron chi connectivity index (χ0n) is 16.3. The lowest BCUT2D eigenvalue weighted by atomic mass is 10.1. The second kappa shape index (κ2) is 7.37. The van der Waals surface area contributed by atoms with E-state index in [1.165, 1.54) is 6.07 Å². The van der Waals surface area contributed by atoms with Gasteiger partial charge < -0.3 is 4.57 Å². The van der Waals surface area contributed by atoms with Gasteiger partial charge in [-0.15, -0.1) is 0 Å². The molecule has 0 amide bonds. The van der Waals surface area contributed by atoms with Crippen molar-refractivity contribution in [3.8, 4) is 0 Å². The first kappa shape index (κ1) is 20.0. The second-order valence-electron chi connectivity index (χ2n) is 7.19. The molecular formula is C20H23N3O4S. The van der Waals surface area contributed by atoms with Gasteiger partial charge >= 0.3 is 0 Å². The summed E-state index contributed by atoms with van der Waals surface area (Å²) in [7, 11) is -4.05. The standard InChI is InChI=1S/C20H23N3O4S/c1-13-9-14(2)20(19(10-13)23(24)25)28(26,27)21-16(4)12-22-11-15(3)17-7-5-6-8-18(17)22/h5-11,16,21H,12H2,1-4H3. The summed E-state index contributed by atoms with van der Waals surface area (Å²) in [5, 5.41) is 12.5. The normalized spacial score (nSPS) is 13.0. The maximum absolute atomic E-state index is 12.9. The van der Waals surface area contributed by atoms with Crippen molar-refractivity contribution in [2.75, 3.05) is 0 Å². The summed E-state index contributed by atoms with van der Waals surface area (Å²) in [5.74, 6) is 0. The van der Waals surface area contributed by atoms with Gasteiger partial charge in [0, 0.05) is 35.8 Å². The number of hydrogen-bond acceptors (Lipinski definition) is 4. The number of rotatable bonds is 6. The third kappa shape index (κ3) is 3.79. The van der Waals surface area contributed by atoms with Gasteiger partial charge in [-0.05, 0) is 50.5 Å². The molecule has 28 heavy (non-hydrogen) atoms. The lowest BCUT2D eigenvalue weighted by Crippen LogP contribution is -2.36. The first-order valence-corrected chi connectivity index (χ1v) is 10.4. The highest BCUT2D eigenvalue weighted by Gasteiger charge is 2.29. The molecule has 7 nitrogen and oxygen atoms in total. The van der Waals surface area contributed by atoms with Gasteiger partial charge in [0.2, 0.25) is 10.0 Å². The van der Waals surface area contributed by atoms with Crippen LogP contribution in [0.4, 0.5) is 5.69 Å². The number of aromatic nitrogens is 1. The zero-order chi connectivity index (χ0) is 20.6. The largest absolute Gasteiger partial charge is 0.346 e. The van der Waals surface area contributed by atoms with Gasteiger partial charge in [-0.1, -0.05) is 24.3 Å². The molecule has 1 unspecified atom stereocenters. The van der Waals surface area contributed by atoms with Crippen LogP contribution < -0.4 is 4.72 Å². The topological polar surface area (TPSA) is 94.2 Å². The molecule has 0 saturated heterocycles. The minimum absolute atomic E-state index is 0.275. The van der Waals surface area contributed by atoms with Crippen LogP contribution in [0.5, 0.6) is 0 Å². The smallest absolute Gasteiger partial charge is 0.289 e. The lowest BCUT2D eigenvalue weighted by Gasteiger charge is -2.17.